The van der Waals surface area contributed by atoms with Crippen LogP contribution in [0, 0.1) is 16.7 Å². The third-order valence-electron chi connectivity index (χ3n) is 5.82. The van der Waals surface area contributed by atoms with E-state index in [4.69, 9.17) is 10.5 Å². The number of thioether (sulfide) groups is 1. The second-order valence-corrected chi connectivity index (χ2v) is 11.2. The van der Waals surface area contributed by atoms with Gasteiger partial charge >= 0.3 is 0 Å². The Morgan fingerprint density at radius 2 is 2.09 bits per heavy atom. The van der Waals surface area contributed by atoms with Crippen molar-refractivity contribution in [3.8, 4) is 11.8 Å². The van der Waals surface area contributed by atoms with Crippen LogP contribution in [0.5, 0.6) is 5.75 Å². The summed E-state index contributed by atoms with van der Waals surface area (Å²) in [7, 11) is 0. The van der Waals surface area contributed by atoms with E-state index in [1.165, 1.54) is 23.1 Å². The molecule has 0 amide bonds. The molecule has 1 aliphatic carbocycles. The van der Waals surface area contributed by atoms with Crippen molar-refractivity contribution in [1.29, 1.82) is 5.26 Å². The van der Waals surface area contributed by atoms with Crippen LogP contribution in [0.2, 0.25) is 0 Å². The Bertz CT molecular complexity index is 1220. The molecule has 7 nitrogen and oxygen atoms in total. The van der Waals surface area contributed by atoms with Gasteiger partial charge in [-0.2, -0.15) is 5.26 Å². The number of carbonyl (C=O) groups excluding carboxylic acids is 1. The first-order chi connectivity index (χ1) is 16.3. The third kappa shape index (κ3) is 4.48. The first-order valence-corrected chi connectivity index (χ1v) is 12.9. The first-order valence-electron chi connectivity index (χ1n) is 11.1. The van der Waals surface area contributed by atoms with E-state index in [1.807, 2.05) is 31.2 Å². The molecule has 34 heavy (non-hydrogen) atoms. The second-order valence-electron chi connectivity index (χ2n) is 8.93. The Labute approximate surface area is 208 Å². The zero-order valence-electron chi connectivity index (χ0n) is 19.5. The van der Waals surface area contributed by atoms with Crippen LogP contribution >= 0.6 is 23.1 Å². The van der Waals surface area contributed by atoms with Gasteiger partial charge in [0.2, 0.25) is 5.13 Å². The Balaban J connectivity index is 1.87. The summed E-state index contributed by atoms with van der Waals surface area (Å²) in [6.45, 7) is 10.4. The lowest BCUT2D eigenvalue weighted by Crippen LogP contribution is -2.42. The molecule has 2 heterocycles. The average Bonchev–Trinajstić information content (AvgIpc) is 3.25. The zero-order valence-corrected chi connectivity index (χ0v) is 21.1. The Morgan fingerprint density at radius 3 is 2.74 bits per heavy atom. The minimum atomic E-state index is -0.530. The van der Waals surface area contributed by atoms with Crippen LogP contribution < -0.4 is 15.4 Å². The highest BCUT2D eigenvalue weighted by Crippen LogP contribution is 2.50. The van der Waals surface area contributed by atoms with Gasteiger partial charge in [0.1, 0.15) is 11.6 Å². The molecule has 0 radical (unpaired) electrons. The summed E-state index contributed by atoms with van der Waals surface area (Å²) in [5.41, 5.74) is 9.00. The molecule has 4 rings (SSSR count). The van der Waals surface area contributed by atoms with Gasteiger partial charge in [-0.25, -0.2) is 0 Å². The van der Waals surface area contributed by atoms with Gasteiger partial charge in [0, 0.05) is 23.4 Å². The van der Waals surface area contributed by atoms with E-state index in [2.05, 4.69) is 36.7 Å². The van der Waals surface area contributed by atoms with E-state index in [0.29, 0.717) is 47.3 Å². The van der Waals surface area contributed by atoms with Crippen LogP contribution in [-0.4, -0.2) is 28.3 Å². The lowest BCUT2D eigenvalue weighted by molar-refractivity contribution is -0.118. The Hall–Kier alpha value is -3.09. The van der Waals surface area contributed by atoms with E-state index < -0.39 is 5.92 Å². The summed E-state index contributed by atoms with van der Waals surface area (Å²) >= 11 is 2.92. The number of hydrogen-bond acceptors (Lipinski definition) is 9. The number of nitrogens with two attached hydrogens (primary N) is 1. The Morgan fingerprint density at radius 1 is 1.35 bits per heavy atom. The predicted octanol–water partition coefficient (Wildman–Crippen LogP) is 5.16. The predicted molar refractivity (Wildman–Crippen MR) is 136 cm³/mol. The molecule has 0 fully saturated rings. The number of anilines is 1. The largest absolute Gasteiger partial charge is 0.494 e. The van der Waals surface area contributed by atoms with Gasteiger partial charge in [-0.05, 0) is 36.5 Å². The van der Waals surface area contributed by atoms with Crippen molar-refractivity contribution in [3.63, 3.8) is 0 Å². The monoisotopic (exact) mass is 493 g/mol. The molecule has 1 aromatic carbocycles. The first kappa shape index (κ1) is 24.0. The van der Waals surface area contributed by atoms with E-state index in [9.17, 15) is 10.1 Å². The van der Waals surface area contributed by atoms with Crippen LogP contribution in [0.1, 0.15) is 45.1 Å². The summed E-state index contributed by atoms with van der Waals surface area (Å²) in [6.07, 6.45) is 2.84. The van der Waals surface area contributed by atoms with Crippen molar-refractivity contribution in [2.45, 2.75) is 43.9 Å². The molecule has 1 unspecified atom stereocenters. The quantitative estimate of drug-likeness (QED) is 0.417. The minimum Gasteiger partial charge on any atom is -0.494 e. The van der Waals surface area contributed by atoms with E-state index >= 15 is 0 Å². The fraction of sp³-hybridized carbons (Fsp3) is 0.360. The van der Waals surface area contributed by atoms with Gasteiger partial charge in [0.25, 0.3) is 0 Å². The average molecular weight is 494 g/mol. The normalized spacial score (nSPS) is 19.6. The summed E-state index contributed by atoms with van der Waals surface area (Å²) in [6, 6.07) is 9.83. The summed E-state index contributed by atoms with van der Waals surface area (Å²) in [5.74, 6) is 1.24. The number of Topliss-reactive ketones (excluding diaryl/α,β-unsaturated/α-hetero) is 1. The van der Waals surface area contributed by atoms with Gasteiger partial charge in [-0.1, -0.05) is 55.2 Å². The number of allylic oxidation sites excluding steroid dienone is 3. The summed E-state index contributed by atoms with van der Waals surface area (Å²) < 4.78 is 6.35. The number of nitrogens with zero attached hydrogens (tertiary/aromatic N) is 4. The number of nitriles is 1. The van der Waals surface area contributed by atoms with Gasteiger partial charge in [-0.3, -0.25) is 9.69 Å². The maximum Gasteiger partial charge on any atom is 0.219 e. The van der Waals surface area contributed by atoms with Crippen LogP contribution in [0.4, 0.5) is 5.13 Å². The minimum absolute atomic E-state index is 0.0288. The molecule has 9 heteroatoms. The van der Waals surface area contributed by atoms with Crippen molar-refractivity contribution < 1.29 is 9.53 Å². The lowest BCUT2D eigenvalue weighted by atomic mass is 9.68. The molecule has 2 N–H and O–H groups in total. The molecule has 1 aliphatic heterocycles. The molecule has 1 atom stereocenters. The summed E-state index contributed by atoms with van der Waals surface area (Å²) in [4.78, 5) is 15.3. The summed E-state index contributed by atoms with van der Waals surface area (Å²) in [5, 5.41) is 19.4. The SMILES string of the molecule is C=CCSc1nnc(N2C(N)=C(C#N)C(c3ccc(OCC)cc3)C3=C2CC(C)(C)CC3=O)s1. The number of rotatable bonds is 7. The number of ether oxygens (including phenoxy) is 1. The standard InChI is InChI=1S/C25H27N5O2S2/c1-5-11-33-24-29-28-23(34-24)30-18-12-25(3,4)13-19(31)21(18)20(17(14-26)22(30)27)15-7-9-16(10-8-15)32-6-2/h5,7-10,20H,1,6,11-13,27H2,2-4H3. The molecule has 0 spiro atoms. The third-order valence-corrected chi connectivity index (χ3v) is 7.85. The molecule has 0 bridgehead atoms. The number of hydrogen-bond donors (Lipinski definition) is 1. The molecule has 2 aliphatic rings. The maximum atomic E-state index is 13.6. The topological polar surface area (TPSA) is 105 Å². The van der Waals surface area contributed by atoms with Crippen molar-refractivity contribution in [1.82, 2.24) is 10.2 Å². The zero-order chi connectivity index (χ0) is 24.5. The van der Waals surface area contributed by atoms with E-state index in [0.717, 1.165) is 21.3 Å². The van der Waals surface area contributed by atoms with Crippen molar-refractivity contribution in [3.05, 3.63) is 65.1 Å². The molecule has 0 saturated carbocycles. The molecule has 176 valence electrons. The fourth-order valence-corrected chi connectivity index (χ4v) is 6.11. The fourth-order valence-electron chi connectivity index (χ4n) is 4.47. The Kier molecular flexibility index (Phi) is 6.82. The second kappa shape index (κ2) is 9.65. The van der Waals surface area contributed by atoms with Crippen LogP contribution in [0.15, 0.2) is 63.9 Å². The van der Waals surface area contributed by atoms with E-state index in [1.54, 1.807) is 11.0 Å². The van der Waals surface area contributed by atoms with Crippen molar-refractivity contribution in [2.75, 3.05) is 17.3 Å². The smallest absolute Gasteiger partial charge is 0.219 e. The molecule has 1 aromatic heterocycles. The molecule has 2 aromatic rings. The number of benzene rings is 1. The van der Waals surface area contributed by atoms with Gasteiger partial charge in [0.15, 0.2) is 10.1 Å². The lowest BCUT2D eigenvalue weighted by Gasteiger charge is -2.42. The van der Waals surface area contributed by atoms with Crippen molar-refractivity contribution >= 4 is 34.0 Å². The number of ketones is 1. The van der Waals surface area contributed by atoms with Gasteiger partial charge < -0.3 is 10.5 Å². The van der Waals surface area contributed by atoms with E-state index in [-0.39, 0.29) is 11.2 Å². The maximum absolute atomic E-state index is 13.6. The molecular weight excluding hydrogens is 466 g/mol. The van der Waals surface area contributed by atoms with Gasteiger partial charge in [-0.15, -0.1) is 16.8 Å². The highest BCUT2D eigenvalue weighted by atomic mass is 32.2. The van der Waals surface area contributed by atoms with Crippen LogP contribution in [0.3, 0.4) is 0 Å². The van der Waals surface area contributed by atoms with Crippen LogP contribution in [0.25, 0.3) is 0 Å². The van der Waals surface area contributed by atoms with Gasteiger partial charge in [0.05, 0.1) is 24.2 Å². The highest BCUT2D eigenvalue weighted by Gasteiger charge is 2.45. The number of aromatic nitrogens is 2. The van der Waals surface area contributed by atoms with Crippen molar-refractivity contribution in [2.24, 2.45) is 11.1 Å². The van der Waals surface area contributed by atoms with Crippen LogP contribution in [-0.2, 0) is 4.79 Å². The number of carbonyl (C=O) groups is 1. The highest BCUT2D eigenvalue weighted by molar-refractivity contribution is 8.01. The molecular formula is C25H27N5O2S2. The molecule has 0 saturated heterocycles.